The van der Waals surface area contributed by atoms with Crippen molar-refractivity contribution in [3.63, 3.8) is 0 Å². The zero-order valence-electron chi connectivity index (χ0n) is 40.0. The molecule has 4 rings (SSSR count). The van der Waals surface area contributed by atoms with Gasteiger partial charge < -0.3 is 44.9 Å². The highest BCUT2D eigenvalue weighted by Gasteiger charge is 2.19. The summed E-state index contributed by atoms with van der Waals surface area (Å²) in [5.74, 6) is 14.0. The van der Waals surface area contributed by atoms with E-state index in [1.165, 1.54) is 0 Å². The van der Waals surface area contributed by atoms with Crippen molar-refractivity contribution < 1.29 is 28.6 Å². The summed E-state index contributed by atoms with van der Waals surface area (Å²) in [6.45, 7) is 10.3. The molecule has 66 heavy (non-hydrogen) atoms. The number of ether oxygens (including phenoxy) is 3. The smallest absolute Gasteiger partial charge is 0.260 e. The SMILES string of the molecule is O=C(COc1cc(OCC(=O)N2CCCSCCCNCCCSCCC2)cc(OCC(=O)N2CCCSCCCNCCCSCCC2)c1)N1CCCSCCCNCCCSCCC1. The van der Waals surface area contributed by atoms with Crippen molar-refractivity contribution in [2.24, 2.45) is 0 Å². The van der Waals surface area contributed by atoms with Crippen LogP contribution in [0.4, 0.5) is 0 Å². The van der Waals surface area contributed by atoms with Crippen molar-refractivity contribution in [1.29, 1.82) is 0 Å². The average molecular weight is 1030 g/mol. The predicted molar refractivity (Wildman–Crippen MR) is 291 cm³/mol. The maximum atomic E-state index is 13.8. The molecule has 18 heteroatoms. The summed E-state index contributed by atoms with van der Waals surface area (Å²) in [7, 11) is 0. The van der Waals surface area contributed by atoms with E-state index in [-0.39, 0.29) is 37.5 Å². The molecule has 3 heterocycles. The summed E-state index contributed by atoms with van der Waals surface area (Å²) in [5, 5.41) is 10.7. The van der Waals surface area contributed by atoms with Gasteiger partial charge in [0.1, 0.15) is 17.2 Å². The van der Waals surface area contributed by atoms with Gasteiger partial charge in [-0.3, -0.25) is 14.4 Å². The molecule has 12 nitrogen and oxygen atoms in total. The molecule has 3 fully saturated rings. The van der Waals surface area contributed by atoms with E-state index in [2.05, 4.69) is 16.0 Å². The van der Waals surface area contributed by atoms with Crippen LogP contribution in [-0.4, -0.2) is 200 Å². The number of hydrogen-bond donors (Lipinski definition) is 3. The maximum absolute atomic E-state index is 13.8. The summed E-state index contributed by atoms with van der Waals surface area (Å²) < 4.78 is 18.7. The fraction of sp³-hybridized carbons (Fsp3) is 0.812. The van der Waals surface area contributed by atoms with Gasteiger partial charge in [-0.2, -0.15) is 70.6 Å². The lowest BCUT2D eigenvalue weighted by Gasteiger charge is -2.24. The van der Waals surface area contributed by atoms with E-state index in [4.69, 9.17) is 14.2 Å². The van der Waals surface area contributed by atoms with Gasteiger partial charge in [0, 0.05) is 57.5 Å². The lowest BCUT2D eigenvalue weighted by molar-refractivity contribution is -0.134. The molecular formula is C48H84N6O6S6. The molecule has 1 aromatic carbocycles. The van der Waals surface area contributed by atoms with E-state index in [1.807, 2.05) is 85.3 Å². The number of nitrogens with zero attached hydrogens (tertiary/aromatic N) is 3. The molecule has 3 amide bonds. The molecule has 0 aliphatic carbocycles. The van der Waals surface area contributed by atoms with Gasteiger partial charge in [-0.25, -0.2) is 0 Å². The molecule has 0 spiro atoms. The fourth-order valence-corrected chi connectivity index (χ4v) is 12.8. The molecule has 378 valence electrons. The van der Waals surface area contributed by atoms with Gasteiger partial charge in [-0.05, 0) is 185 Å². The van der Waals surface area contributed by atoms with E-state index < -0.39 is 0 Å². The van der Waals surface area contributed by atoms with Gasteiger partial charge in [0.25, 0.3) is 17.7 Å². The zero-order chi connectivity index (χ0) is 46.4. The Morgan fingerprint density at radius 2 is 0.545 bits per heavy atom. The molecular weight excluding hydrogens is 949 g/mol. The van der Waals surface area contributed by atoms with Gasteiger partial charge in [-0.15, -0.1) is 0 Å². The first kappa shape index (κ1) is 57.6. The van der Waals surface area contributed by atoms with Gasteiger partial charge in [0.2, 0.25) is 0 Å². The highest BCUT2D eigenvalue weighted by molar-refractivity contribution is 8.00. The highest BCUT2D eigenvalue weighted by Crippen LogP contribution is 2.29. The Bertz CT molecular complexity index is 1210. The predicted octanol–water partition coefficient (Wildman–Crippen LogP) is 7.20. The van der Waals surface area contributed by atoms with Gasteiger partial charge in [-0.1, -0.05) is 0 Å². The van der Waals surface area contributed by atoms with Crippen molar-refractivity contribution in [2.45, 2.75) is 77.0 Å². The van der Waals surface area contributed by atoms with E-state index in [0.29, 0.717) is 56.5 Å². The van der Waals surface area contributed by atoms with Gasteiger partial charge in [0.05, 0.1) is 0 Å². The minimum Gasteiger partial charge on any atom is -0.483 e. The number of nitrogens with one attached hydrogen (secondary N) is 3. The van der Waals surface area contributed by atoms with Crippen LogP contribution in [0.1, 0.15) is 77.0 Å². The topological polar surface area (TPSA) is 125 Å². The quantitative estimate of drug-likeness (QED) is 0.231. The molecule has 3 aliphatic rings. The molecule has 0 aromatic heterocycles. The van der Waals surface area contributed by atoms with Crippen LogP contribution >= 0.6 is 70.6 Å². The first-order valence-electron chi connectivity index (χ1n) is 25.0. The zero-order valence-corrected chi connectivity index (χ0v) is 44.9. The average Bonchev–Trinajstić information content (AvgIpc) is 3.31. The van der Waals surface area contributed by atoms with E-state index >= 15 is 0 Å². The normalized spacial score (nSPS) is 21.0. The molecule has 3 aliphatic heterocycles. The third kappa shape index (κ3) is 28.6. The summed E-state index contributed by atoms with van der Waals surface area (Å²) >= 11 is 11.8. The van der Waals surface area contributed by atoms with Crippen LogP contribution in [0, 0.1) is 0 Å². The molecule has 0 saturated carbocycles. The largest absolute Gasteiger partial charge is 0.483 e. The second kappa shape index (κ2) is 39.7. The van der Waals surface area contributed by atoms with Gasteiger partial charge in [0.15, 0.2) is 19.8 Å². The second-order valence-electron chi connectivity index (χ2n) is 16.8. The summed E-state index contributed by atoms with van der Waals surface area (Å²) in [6, 6.07) is 5.21. The maximum Gasteiger partial charge on any atom is 0.260 e. The van der Waals surface area contributed by atoms with Crippen molar-refractivity contribution in [3.05, 3.63) is 18.2 Å². The lowest BCUT2D eigenvalue weighted by Crippen LogP contribution is -2.37. The highest BCUT2D eigenvalue weighted by atomic mass is 32.2. The summed E-state index contributed by atoms with van der Waals surface area (Å²) in [6.07, 6.45) is 12.6. The van der Waals surface area contributed by atoms with Crippen LogP contribution in [0.25, 0.3) is 0 Å². The van der Waals surface area contributed by atoms with Crippen molar-refractivity contribution in [2.75, 3.05) is 167 Å². The number of carbonyl (C=O) groups is 3. The van der Waals surface area contributed by atoms with E-state index in [9.17, 15) is 14.4 Å². The molecule has 3 N–H and O–H groups in total. The Morgan fingerprint density at radius 1 is 0.348 bits per heavy atom. The number of hydrogen-bond acceptors (Lipinski definition) is 15. The molecule has 3 saturated heterocycles. The van der Waals surface area contributed by atoms with Crippen LogP contribution in [0.5, 0.6) is 17.2 Å². The Morgan fingerprint density at radius 3 is 0.758 bits per heavy atom. The number of benzene rings is 1. The third-order valence-electron chi connectivity index (χ3n) is 11.2. The first-order chi connectivity index (χ1) is 32.6. The second-order valence-corrected chi connectivity index (χ2v) is 24.2. The van der Waals surface area contributed by atoms with Crippen molar-refractivity contribution >= 4 is 88.3 Å². The van der Waals surface area contributed by atoms with Gasteiger partial charge >= 0.3 is 0 Å². The third-order valence-corrected chi connectivity index (χ3v) is 18.1. The Labute approximate surface area is 424 Å². The Kier molecular flexibility index (Phi) is 34.6. The standard InChI is InChI=1S/C48H84N6O6S6/c55-46(52-19-7-31-61-25-1-13-49-14-2-26-62-32-8-20-52)40-58-43-37-44(59-41-47(56)53-21-9-33-63-27-3-15-50-16-4-28-64-34-10-22-53)39-45(38-43)60-42-48(57)54-23-11-35-65-29-5-17-51-18-6-30-66-36-12-24-54/h37-39,49-51H,1-36,40-42H2. The number of thioether (sulfide) groups is 6. The lowest BCUT2D eigenvalue weighted by atomic mass is 10.3. The first-order valence-corrected chi connectivity index (χ1v) is 32.0. The number of rotatable bonds is 9. The number of carbonyl (C=O) groups excluding carboxylic acids is 3. The van der Waals surface area contributed by atoms with Crippen molar-refractivity contribution in [3.8, 4) is 17.2 Å². The van der Waals surface area contributed by atoms with Crippen LogP contribution in [0.2, 0.25) is 0 Å². The van der Waals surface area contributed by atoms with E-state index in [0.717, 1.165) is 185 Å². The minimum atomic E-state index is -0.118. The molecule has 0 unspecified atom stereocenters. The van der Waals surface area contributed by atoms with Crippen LogP contribution < -0.4 is 30.2 Å². The summed E-state index contributed by atoms with van der Waals surface area (Å²) in [5.41, 5.74) is 0. The monoisotopic (exact) mass is 1030 g/mol. The number of amides is 3. The van der Waals surface area contributed by atoms with Crippen LogP contribution in [0.15, 0.2) is 18.2 Å². The van der Waals surface area contributed by atoms with Crippen LogP contribution in [-0.2, 0) is 14.4 Å². The molecule has 0 atom stereocenters. The minimum absolute atomic E-state index is 0.0453. The van der Waals surface area contributed by atoms with Crippen LogP contribution in [0.3, 0.4) is 0 Å². The Hall–Kier alpha value is -0.990. The summed E-state index contributed by atoms with van der Waals surface area (Å²) in [4.78, 5) is 47.2. The molecule has 1 aromatic rings. The van der Waals surface area contributed by atoms with E-state index in [1.54, 1.807) is 18.2 Å². The Balaban J connectivity index is 1.42. The van der Waals surface area contributed by atoms with Crippen molar-refractivity contribution in [1.82, 2.24) is 30.7 Å². The molecule has 0 bridgehead atoms. The molecule has 0 radical (unpaired) electrons. The fourth-order valence-electron chi connectivity index (χ4n) is 7.52.